The molecule has 5 aromatic rings. The molecule has 0 aliphatic heterocycles. The fraction of sp³-hybridized carbons (Fsp3) is 0.0667. The van der Waals surface area contributed by atoms with Crippen LogP contribution in [0.5, 0.6) is 0 Å². The van der Waals surface area contributed by atoms with Gasteiger partial charge in [0.05, 0.1) is 6.16 Å². The molecule has 1 unspecified atom stereocenters. The first-order chi connectivity index (χ1) is 15.3. The van der Waals surface area contributed by atoms with Crippen molar-refractivity contribution in [1.82, 2.24) is 0 Å². The Balaban J connectivity index is 0.00000245. The van der Waals surface area contributed by atoms with Crippen molar-refractivity contribution in [3.63, 3.8) is 0 Å². The van der Waals surface area contributed by atoms with Crippen LogP contribution >= 0.6 is 7.26 Å². The average Bonchev–Trinajstić information content (AvgIpc) is 2.84. The number of rotatable bonds is 5. The molecule has 0 aromatic heterocycles. The zero-order valence-corrected chi connectivity index (χ0v) is 20.6. The lowest BCUT2D eigenvalue weighted by Crippen LogP contribution is -3.00. The zero-order valence-electron chi connectivity index (χ0n) is 18.2. The molecule has 0 amide bonds. The third-order valence-corrected chi connectivity index (χ3v) is 10.5. The van der Waals surface area contributed by atoms with E-state index in [1.165, 1.54) is 37.8 Å². The summed E-state index contributed by atoms with van der Waals surface area (Å²) >= 11 is 0. The van der Waals surface area contributed by atoms with E-state index in [2.05, 4.69) is 134 Å². The van der Waals surface area contributed by atoms with Gasteiger partial charge in [-0.2, -0.15) is 0 Å². The first-order valence-electron chi connectivity index (χ1n) is 10.8. The van der Waals surface area contributed by atoms with E-state index >= 15 is 0 Å². The van der Waals surface area contributed by atoms with Crippen molar-refractivity contribution in [2.75, 3.05) is 0 Å². The fourth-order valence-electron chi connectivity index (χ4n) is 4.58. The van der Waals surface area contributed by atoms with Gasteiger partial charge in [0.15, 0.2) is 0 Å². The molecule has 0 saturated carbocycles. The number of fused-ring (bicyclic) bond motifs is 1. The van der Waals surface area contributed by atoms with Crippen LogP contribution in [0.2, 0.25) is 0 Å². The SMILES string of the molecule is Cc1ccc([P+](Cc2ccccc2)(c2ccccc2)c2cccc3ccccc23)cc1.[Br-]. The van der Waals surface area contributed by atoms with E-state index in [0.717, 1.165) is 6.16 Å². The highest BCUT2D eigenvalue weighted by molar-refractivity contribution is 7.95. The molecule has 0 bridgehead atoms. The highest BCUT2D eigenvalue weighted by Gasteiger charge is 2.46. The van der Waals surface area contributed by atoms with Crippen LogP contribution in [0.3, 0.4) is 0 Å². The minimum absolute atomic E-state index is 0. The molecule has 1 atom stereocenters. The van der Waals surface area contributed by atoms with E-state index in [4.69, 9.17) is 0 Å². The molecule has 5 aromatic carbocycles. The maximum Gasteiger partial charge on any atom is 0.117 e. The predicted octanol–water partition coefficient (Wildman–Crippen LogP) is 3.65. The third-order valence-electron chi connectivity index (χ3n) is 6.11. The summed E-state index contributed by atoms with van der Waals surface area (Å²) in [4.78, 5) is 0. The Labute approximate surface area is 202 Å². The van der Waals surface area contributed by atoms with E-state index in [1.807, 2.05) is 0 Å². The van der Waals surface area contributed by atoms with Gasteiger partial charge in [-0.15, -0.1) is 0 Å². The van der Waals surface area contributed by atoms with Crippen molar-refractivity contribution in [3.05, 3.63) is 139 Å². The highest BCUT2D eigenvalue weighted by Crippen LogP contribution is 2.59. The fourth-order valence-corrected chi connectivity index (χ4v) is 9.02. The lowest BCUT2D eigenvalue weighted by atomic mass is 10.1. The number of benzene rings is 5. The van der Waals surface area contributed by atoms with Crippen LogP contribution in [0.25, 0.3) is 10.8 Å². The van der Waals surface area contributed by atoms with Gasteiger partial charge in [0.1, 0.15) is 23.2 Å². The maximum absolute atomic E-state index is 2.37. The Bertz CT molecular complexity index is 1290. The summed E-state index contributed by atoms with van der Waals surface area (Å²) < 4.78 is 0. The molecule has 0 N–H and O–H groups in total. The molecule has 0 nitrogen and oxygen atoms in total. The van der Waals surface area contributed by atoms with Crippen molar-refractivity contribution in [3.8, 4) is 0 Å². The van der Waals surface area contributed by atoms with Gasteiger partial charge in [-0.1, -0.05) is 103 Å². The summed E-state index contributed by atoms with van der Waals surface area (Å²) in [5, 5.41) is 6.99. The van der Waals surface area contributed by atoms with E-state index in [-0.39, 0.29) is 17.0 Å². The van der Waals surface area contributed by atoms with Gasteiger partial charge in [-0.25, -0.2) is 0 Å². The molecule has 0 aliphatic carbocycles. The van der Waals surface area contributed by atoms with Crippen LogP contribution in [0, 0.1) is 6.92 Å². The molecule has 5 rings (SSSR count). The molecule has 0 saturated heterocycles. The number of aryl methyl sites for hydroxylation is 1. The number of hydrogen-bond donors (Lipinski definition) is 0. The van der Waals surface area contributed by atoms with Crippen molar-refractivity contribution >= 4 is 33.9 Å². The quantitative estimate of drug-likeness (QED) is 0.326. The van der Waals surface area contributed by atoms with Crippen molar-refractivity contribution in [2.45, 2.75) is 13.1 Å². The largest absolute Gasteiger partial charge is 1.00 e. The first-order valence-corrected chi connectivity index (χ1v) is 12.8. The Morgan fingerprint density at radius 1 is 0.531 bits per heavy atom. The van der Waals surface area contributed by atoms with Crippen LogP contribution in [-0.2, 0) is 6.16 Å². The Morgan fingerprint density at radius 2 is 1.09 bits per heavy atom. The molecule has 0 spiro atoms. The van der Waals surface area contributed by atoms with Gasteiger partial charge in [0, 0.05) is 5.39 Å². The normalized spacial score (nSPS) is 12.7. The summed E-state index contributed by atoms with van der Waals surface area (Å²) in [7, 11) is -1.94. The van der Waals surface area contributed by atoms with Gasteiger partial charge < -0.3 is 17.0 Å². The van der Waals surface area contributed by atoms with E-state index in [0.29, 0.717) is 0 Å². The topological polar surface area (TPSA) is 0 Å². The molecule has 158 valence electrons. The van der Waals surface area contributed by atoms with Crippen LogP contribution < -0.4 is 32.9 Å². The van der Waals surface area contributed by atoms with E-state index < -0.39 is 7.26 Å². The van der Waals surface area contributed by atoms with E-state index in [1.54, 1.807) is 0 Å². The first kappa shape index (κ1) is 22.5. The van der Waals surface area contributed by atoms with Crippen LogP contribution in [-0.4, -0.2) is 0 Å². The summed E-state index contributed by atoms with van der Waals surface area (Å²) in [5.41, 5.74) is 2.68. The second kappa shape index (κ2) is 9.82. The highest BCUT2D eigenvalue weighted by atomic mass is 79.9. The van der Waals surface area contributed by atoms with Gasteiger partial charge in [0.2, 0.25) is 0 Å². The Morgan fingerprint density at radius 3 is 1.81 bits per heavy atom. The van der Waals surface area contributed by atoms with Crippen LogP contribution in [0.4, 0.5) is 0 Å². The minimum atomic E-state index is -1.94. The summed E-state index contributed by atoms with van der Waals surface area (Å²) in [6, 6.07) is 47.1. The van der Waals surface area contributed by atoms with Crippen LogP contribution in [0.15, 0.2) is 127 Å². The van der Waals surface area contributed by atoms with Gasteiger partial charge in [-0.3, -0.25) is 0 Å². The van der Waals surface area contributed by atoms with Crippen molar-refractivity contribution in [2.24, 2.45) is 0 Å². The van der Waals surface area contributed by atoms with Crippen molar-refractivity contribution < 1.29 is 17.0 Å². The lowest BCUT2D eigenvalue weighted by Gasteiger charge is -2.29. The third kappa shape index (κ3) is 4.16. The van der Waals surface area contributed by atoms with E-state index in [9.17, 15) is 0 Å². The van der Waals surface area contributed by atoms with Crippen molar-refractivity contribution in [1.29, 1.82) is 0 Å². The number of halogens is 1. The lowest BCUT2D eigenvalue weighted by molar-refractivity contribution is -0.00000602. The standard InChI is InChI=1S/C30H26P.BrH/c1-24-19-21-28(22-20-24)31(27-15-6-3-7-16-27,23-25-11-4-2-5-12-25)30-18-10-14-26-13-8-9-17-29(26)30;/h2-22H,23H2,1H3;1H/q+1;/p-1. The smallest absolute Gasteiger partial charge is 0.117 e. The van der Waals surface area contributed by atoms with Gasteiger partial charge >= 0.3 is 0 Å². The minimum Gasteiger partial charge on any atom is -1.00 e. The molecular weight excluding hydrogens is 471 g/mol. The number of hydrogen-bond acceptors (Lipinski definition) is 0. The monoisotopic (exact) mass is 496 g/mol. The van der Waals surface area contributed by atoms with Crippen LogP contribution in [0.1, 0.15) is 11.1 Å². The molecule has 32 heavy (non-hydrogen) atoms. The predicted molar refractivity (Wildman–Crippen MR) is 138 cm³/mol. The molecule has 0 radical (unpaired) electrons. The molecular formula is C30H26BrP. The molecule has 0 fully saturated rings. The summed E-state index contributed by atoms with van der Waals surface area (Å²) in [6.45, 7) is 2.17. The maximum atomic E-state index is 2.37. The Hall–Kier alpha value is -2.73. The Kier molecular flexibility index (Phi) is 6.89. The molecule has 2 heteroatoms. The zero-order chi connectivity index (χ0) is 21.1. The van der Waals surface area contributed by atoms with Gasteiger partial charge in [0.25, 0.3) is 0 Å². The molecule has 0 aliphatic rings. The molecule has 0 heterocycles. The summed E-state index contributed by atoms with van der Waals surface area (Å²) in [6.07, 6.45) is 1.01. The summed E-state index contributed by atoms with van der Waals surface area (Å²) in [5.74, 6) is 0. The second-order valence-corrected chi connectivity index (χ2v) is 11.6. The second-order valence-electron chi connectivity index (χ2n) is 8.12. The average molecular weight is 497 g/mol. The van der Waals surface area contributed by atoms with Gasteiger partial charge in [-0.05, 0) is 48.2 Å².